The van der Waals surface area contributed by atoms with E-state index in [9.17, 15) is 5.11 Å². The fraction of sp³-hybridized carbons (Fsp3) is 0.647. The lowest BCUT2D eigenvalue weighted by molar-refractivity contribution is 0.129. The van der Waals surface area contributed by atoms with E-state index in [-0.39, 0.29) is 6.61 Å². The van der Waals surface area contributed by atoms with Crippen LogP contribution in [0.25, 0.3) is 0 Å². The Morgan fingerprint density at radius 1 is 1.20 bits per heavy atom. The highest BCUT2D eigenvalue weighted by Gasteiger charge is 2.26. The second-order valence-electron chi connectivity index (χ2n) is 6.18. The molecular weight excluding hydrogens is 248 g/mol. The molecule has 1 fully saturated rings. The van der Waals surface area contributed by atoms with Crippen LogP contribution in [-0.4, -0.2) is 48.3 Å². The molecule has 0 saturated carbocycles. The Hall–Kier alpha value is -0.900. The standard InChI is InChI=1S/C17H26N2O/c20-11-10-19(13-16-6-3-9-18-16)17-8-7-14-4-1-2-5-15(14)12-17/h1-2,4-5,16-18,20H,3,6-13H2. The summed E-state index contributed by atoms with van der Waals surface area (Å²) < 4.78 is 0. The SMILES string of the molecule is OCCN(CC1CCCN1)C1CCc2ccccc2C1. The fourth-order valence-corrected chi connectivity index (χ4v) is 3.74. The van der Waals surface area contributed by atoms with E-state index in [0.717, 1.165) is 26.1 Å². The van der Waals surface area contributed by atoms with Gasteiger partial charge in [0.25, 0.3) is 0 Å². The van der Waals surface area contributed by atoms with Crippen molar-refractivity contribution in [2.75, 3.05) is 26.2 Å². The first-order valence-corrected chi connectivity index (χ1v) is 8.02. The van der Waals surface area contributed by atoms with Crippen molar-refractivity contribution in [2.45, 2.75) is 44.2 Å². The molecule has 0 aromatic heterocycles. The quantitative estimate of drug-likeness (QED) is 0.856. The summed E-state index contributed by atoms with van der Waals surface area (Å²) in [5.41, 5.74) is 3.03. The van der Waals surface area contributed by atoms with Crippen LogP contribution in [0.15, 0.2) is 24.3 Å². The number of rotatable bonds is 5. The molecule has 0 amide bonds. The van der Waals surface area contributed by atoms with Gasteiger partial charge >= 0.3 is 0 Å². The predicted molar refractivity (Wildman–Crippen MR) is 81.9 cm³/mol. The van der Waals surface area contributed by atoms with Crippen LogP contribution in [0.1, 0.15) is 30.4 Å². The fourth-order valence-electron chi connectivity index (χ4n) is 3.74. The molecule has 3 heteroatoms. The molecule has 110 valence electrons. The van der Waals surface area contributed by atoms with Crippen LogP contribution in [0.5, 0.6) is 0 Å². The van der Waals surface area contributed by atoms with E-state index in [2.05, 4.69) is 34.5 Å². The average Bonchev–Trinajstić information content (AvgIpc) is 2.99. The number of aliphatic hydroxyl groups excluding tert-OH is 1. The van der Waals surface area contributed by atoms with Crippen LogP contribution in [0.2, 0.25) is 0 Å². The van der Waals surface area contributed by atoms with E-state index in [1.54, 1.807) is 0 Å². The molecule has 1 aliphatic carbocycles. The van der Waals surface area contributed by atoms with Crippen molar-refractivity contribution in [3.63, 3.8) is 0 Å². The Bertz CT molecular complexity index is 429. The molecule has 1 aromatic carbocycles. The Kier molecular flexibility index (Phi) is 4.71. The topological polar surface area (TPSA) is 35.5 Å². The maximum atomic E-state index is 9.37. The zero-order valence-electron chi connectivity index (χ0n) is 12.2. The van der Waals surface area contributed by atoms with Crippen molar-refractivity contribution in [2.24, 2.45) is 0 Å². The number of hydrogen-bond acceptors (Lipinski definition) is 3. The van der Waals surface area contributed by atoms with Crippen LogP contribution in [0.4, 0.5) is 0 Å². The average molecular weight is 274 g/mol. The Labute approximate surface area is 122 Å². The van der Waals surface area contributed by atoms with Gasteiger partial charge in [0.15, 0.2) is 0 Å². The highest BCUT2D eigenvalue weighted by molar-refractivity contribution is 5.30. The lowest BCUT2D eigenvalue weighted by Gasteiger charge is -2.36. The number of benzene rings is 1. The van der Waals surface area contributed by atoms with E-state index in [1.807, 2.05) is 0 Å². The molecular formula is C17H26N2O. The lowest BCUT2D eigenvalue weighted by atomic mass is 9.87. The molecule has 1 heterocycles. The van der Waals surface area contributed by atoms with E-state index < -0.39 is 0 Å². The second-order valence-corrected chi connectivity index (χ2v) is 6.18. The molecule has 20 heavy (non-hydrogen) atoms. The highest BCUT2D eigenvalue weighted by atomic mass is 16.3. The smallest absolute Gasteiger partial charge is 0.0558 e. The molecule has 2 N–H and O–H groups in total. The molecule has 1 aliphatic heterocycles. The number of fused-ring (bicyclic) bond motifs is 1. The van der Waals surface area contributed by atoms with Gasteiger partial charge in [0.1, 0.15) is 0 Å². The van der Waals surface area contributed by atoms with Gasteiger partial charge < -0.3 is 10.4 Å². The minimum Gasteiger partial charge on any atom is -0.395 e. The molecule has 3 nitrogen and oxygen atoms in total. The Balaban J connectivity index is 1.65. The number of nitrogens with zero attached hydrogens (tertiary/aromatic N) is 1. The van der Waals surface area contributed by atoms with Crippen molar-refractivity contribution in [1.29, 1.82) is 0 Å². The number of aryl methyl sites for hydroxylation is 1. The molecule has 2 atom stereocenters. The van der Waals surface area contributed by atoms with Gasteiger partial charge in [-0.15, -0.1) is 0 Å². The van der Waals surface area contributed by atoms with Crippen LogP contribution in [-0.2, 0) is 12.8 Å². The molecule has 2 unspecified atom stereocenters. The van der Waals surface area contributed by atoms with Gasteiger partial charge in [-0.05, 0) is 49.8 Å². The lowest BCUT2D eigenvalue weighted by Crippen LogP contribution is -2.46. The highest BCUT2D eigenvalue weighted by Crippen LogP contribution is 2.25. The molecule has 2 aliphatic rings. The summed E-state index contributed by atoms with van der Waals surface area (Å²) in [6, 6.07) is 10.1. The van der Waals surface area contributed by atoms with Crippen LogP contribution in [0.3, 0.4) is 0 Å². The molecule has 1 aromatic rings. The predicted octanol–water partition coefficient (Wildman–Crippen LogP) is 1.59. The first kappa shape index (κ1) is 14.1. The third-order valence-corrected chi connectivity index (χ3v) is 4.84. The molecule has 0 spiro atoms. The normalized spacial score (nSPS) is 25.9. The molecule has 3 rings (SSSR count). The van der Waals surface area contributed by atoms with Crippen molar-refractivity contribution >= 4 is 0 Å². The minimum absolute atomic E-state index is 0.269. The van der Waals surface area contributed by atoms with Crippen LogP contribution >= 0.6 is 0 Å². The maximum Gasteiger partial charge on any atom is 0.0558 e. The monoisotopic (exact) mass is 274 g/mol. The van der Waals surface area contributed by atoms with Crippen molar-refractivity contribution in [3.8, 4) is 0 Å². The van der Waals surface area contributed by atoms with Crippen molar-refractivity contribution < 1.29 is 5.11 Å². The summed E-state index contributed by atoms with van der Waals surface area (Å²) in [7, 11) is 0. The van der Waals surface area contributed by atoms with Gasteiger partial charge in [0.2, 0.25) is 0 Å². The van der Waals surface area contributed by atoms with Crippen molar-refractivity contribution in [1.82, 2.24) is 10.2 Å². The number of hydrogen-bond donors (Lipinski definition) is 2. The molecule has 0 radical (unpaired) electrons. The summed E-state index contributed by atoms with van der Waals surface area (Å²) in [4.78, 5) is 2.51. The van der Waals surface area contributed by atoms with Crippen molar-refractivity contribution in [3.05, 3.63) is 35.4 Å². The largest absolute Gasteiger partial charge is 0.395 e. The molecule has 0 bridgehead atoms. The zero-order chi connectivity index (χ0) is 13.8. The van der Waals surface area contributed by atoms with Gasteiger partial charge in [-0.2, -0.15) is 0 Å². The summed E-state index contributed by atoms with van der Waals surface area (Å²) in [5, 5.41) is 13.0. The van der Waals surface area contributed by atoms with Gasteiger partial charge in [-0.1, -0.05) is 24.3 Å². The van der Waals surface area contributed by atoms with Gasteiger partial charge in [0, 0.05) is 25.2 Å². The summed E-state index contributed by atoms with van der Waals surface area (Å²) >= 11 is 0. The third kappa shape index (κ3) is 3.22. The van der Waals surface area contributed by atoms with Gasteiger partial charge in [0.05, 0.1) is 6.61 Å². The van der Waals surface area contributed by atoms with Crippen LogP contribution in [0, 0.1) is 0 Å². The number of nitrogens with one attached hydrogen (secondary N) is 1. The van der Waals surface area contributed by atoms with Crippen LogP contribution < -0.4 is 5.32 Å². The number of aliphatic hydroxyl groups is 1. The summed E-state index contributed by atoms with van der Waals surface area (Å²) in [6.07, 6.45) is 6.13. The Morgan fingerprint density at radius 3 is 2.80 bits per heavy atom. The minimum atomic E-state index is 0.269. The van der Waals surface area contributed by atoms with E-state index in [4.69, 9.17) is 0 Å². The maximum absolute atomic E-state index is 9.37. The van der Waals surface area contributed by atoms with E-state index in [1.165, 1.54) is 36.8 Å². The summed E-state index contributed by atoms with van der Waals surface area (Å²) in [5.74, 6) is 0. The zero-order valence-corrected chi connectivity index (χ0v) is 12.2. The first-order valence-electron chi connectivity index (χ1n) is 8.02. The van der Waals surface area contributed by atoms with Gasteiger partial charge in [-0.25, -0.2) is 0 Å². The summed E-state index contributed by atoms with van der Waals surface area (Å²) in [6.45, 7) is 3.33. The first-order chi connectivity index (χ1) is 9.86. The van der Waals surface area contributed by atoms with Gasteiger partial charge in [-0.3, -0.25) is 4.90 Å². The van der Waals surface area contributed by atoms with E-state index in [0.29, 0.717) is 12.1 Å². The molecule has 1 saturated heterocycles. The second kappa shape index (κ2) is 6.70. The van der Waals surface area contributed by atoms with E-state index >= 15 is 0 Å². The third-order valence-electron chi connectivity index (χ3n) is 4.84. The Morgan fingerprint density at radius 2 is 2.05 bits per heavy atom.